The summed E-state index contributed by atoms with van der Waals surface area (Å²) in [6.45, 7) is 1.16. The summed E-state index contributed by atoms with van der Waals surface area (Å²) in [4.78, 5) is 31.4. The van der Waals surface area contributed by atoms with Crippen molar-refractivity contribution in [2.75, 3.05) is 13.7 Å². The number of benzene rings is 1. The van der Waals surface area contributed by atoms with Crippen LogP contribution in [0, 0.1) is 0 Å². The molecule has 36 heavy (non-hydrogen) atoms. The molecule has 0 aliphatic carbocycles. The highest BCUT2D eigenvalue weighted by molar-refractivity contribution is 5.78. The van der Waals surface area contributed by atoms with Crippen LogP contribution in [-0.2, 0) is 6.54 Å². The fraction of sp³-hybridized carbons (Fsp3) is 0.423. The molecule has 0 saturated carbocycles. The minimum atomic E-state index is -0.659. The maximum Gasteiger partial charge on any atom is 0.356 e. The van der Waals surface area contributed by atoms with E-state index in [9.17, 15) is 9.90 Å². The topological polar surface area (TPSA) is 127 Å². The highest BCUT2D eigenvalue weighted by atomic mass is 16.5. The van der Waals surface area contributed by atoms with Gasteiger partial charge >= 0.3 is 5.63 Å². The second-order valence-corrected chi connectivity index (χ2v) is 9.58. The van der Waals surface area contributed by atoms with Crippen molar-refractivity contribution in [1.29, 1.82) is 0 Å². The summed E-state index contributed by atoms with van der Waals surface area (Å²) in [5.41, 5.74) is 3.36. The summed E-state index contributed by atoms with van der Waals surface area (Å²) in [5.74, 6) is 0.438. The van der Waals surface area contributed by atoms with Crippen LogP contribution in [-0.4, -0.2) is 61.7 Å². The number of fused-ring (bicyclic) bond motifs is 4. The maximum atomic E-state index is 11.5. The van der Waals surface area contributed by atoms with Gasteiger partial charge in [0.1, 0.15) is 11.7 Å². The third-order valence-corrected chi connectivity index (χ3v) is 7.39. The van der Waals surface area contributed by atoms with E-state index in [-0.39, 0.29) is 5.71 Å². The molecule has 3 unspecified atom stereocenters. The van der Waals surface area contributed by atoms with Crippen molar-refractivity contribution in [2.45, 2.75) is 56.5 Å². The van der Waals surface area contributed by atoms with Gasteiger partial charge < -0.3 is 19.6 Å². The molecule has 2 aliphatic heterocycles. The third-order valence-electron chi connectivity index (χ3n) is 7.39. The van der Waals surface area contributed by atoms with E-state index < -0.39 is 11.7 Å². The zero-order valence-electron chi connectivity index (χ0n) is 20.0. The van der Waals surface area contributed by atoms with Crippen molar-refractivity contribution in [3.8, 4) is 5.88 Å². The monoisotopic (exact) mass is 488 g/mol. The SMILES string of the molecule is COc1cnc2cccc(C(O)CN3C4CCC3CC(NCc3ccc5ncc(=O)oc5n3)C4)c2n1. The van der Waals surface area contributed by atoms with E-state index in [2.05, 4.69) is 30.2 Å². The number of hydrogen-bond donors (Lipinski definition) is 2. The van der Waals surface area contributed by atoms with Crippen LogP contribution >= 0.6 is 0 Å². The molecule has 0 amide bonds. The summed E-state index contributed by atoms with van der Waals surface area (Å²) >= 11 is 0. The van der Waals surface area contributed by atoms with E-state index >= 15 is 0 Å². The van der Waals surface area contributed by atoms with Gasteiger partial charge in [-0.3, -0.25) is 4.90 Å². The van der Waals surface area contributed by atoms with Crippen LogP contribution < -0.4 is 15.7 Å². The number of aromatic nitrogens is 4. The van der Waals surface area contributed by atoms with Crippen LogP contribution in [0.5, 0.6) is 5.88 Å². The number of para-hydroxylation sites is 1. The van der Waals surface area contributed by atoms with Crippen molar-refractivity contribution >= 4 is 22.3 Å². The molecule has 0 spiro atoms. The summed E-state index contributed by atoms with van der Waals surface area (Å²) < 4.78 is 10.4. The molecule has 2 fully saturated rings. The summed E-state index contributed by atoms with van der Waals surface area (Å²) in [6.07, 6.45) is 6.37. The largest absolute Gasteiger partial charge is 0.480 e. The first-order valence-electron chi connectivity index (χ1n) is 12.3. The second-order valence-electron chi connectivity index (χ2n) is 9.58. The molecule has 0 radical (unpaired) electrons. The Kier molecular flexibility index (Phi) is 6.08. The molecule has 2 bridgehead atoms. The number of methoxy groups -OCH3 is 1. The average Bonchev–Trinajstić information content (AvgIpc) is 3.12. The van der Waals surface area contributed by atoms with Crippen molar-refractivity contribution in [3.63, 3.8) is 0 Å². The Morgan fingerprint density at radius 1 is 1.11 bits per heavy atom. The van der Waals surface area contributed by atoms with Gasteiger partial charge in [-0.05, 0) is 43.9 Å². The third kappa shape index (κ3) is 4.43. The number of rotatable bonds is 7. The summed E-state index contributed by atoms with van der Waals surface area (Å²) in [6, 6.07) is 10.7. The second kappa shape index (κ2) is 9.53. The molecular formula is C26H28N6O4. The number of aliphatic hydroxyl groups excluding tert-OH is 1. The predicted octanol–water partition coefficient (Wildman–Crippen LogP) is 2.35. The van der Waals surface area contributed by atoms with Crippen LogP contribution in [0.4, 0.5) is 0 Å². The maximum absolute atomic E-state index is 11.5. The van der Waals surface area contributed by atoms with Crippen molar-refractivity contribution in [2.24, 2.45) is 0 Å². The minimum Gasteiger partial charge on any atom is -0.480 e. The lowest BCUT2D eigenvalue weighted by atomic mass is 9.95. The molecule has 10 nitrogen and oxygen atoms in total. The lowest BCUT2D eigenvalue weighted by molar-refractivity contribution is 0.0521. The molecule has 2 aliphatic rings. The Hall–Kier alpha value is -3.47. The van der Waals surface area contributed by atoms with E-state index in [0.29, 0.717) is 48.1 Å². The highest BCUT2D eigenvalue weighted by Crippen LogP contribution is 2.37. The van der Waals surface area contributed by atoms with E-state index in [1.54, 1.807) is 13.3 Å². The fourth-order valence-corrected chi connectivity index (χ4v) is 5.68. The number of nitrogens with one attached hydrogen (secondary N) is 1. The normalized spacial score (nSPS) is 22.8. The van der Waals surface area contributed by atoms with Crippen LogP contribution in [0.1, 0.15) is 43.0 Å². The van der Waals surface area contributed by atoms with Gasteiger partial charge in [-0.2, -0.15) is 0 Å². The number of ether oxygens (including phenoxy) is 1. The molecule has 6 rings (SSSR count). The van der Waals surface area contributed by atoms with Gasteiger partial charge in [0.05, 0.1) is 36.1 Å². The molecule has 1 aromatic carbocycles. The molecule has 4 aromatic rings. The molecule has 5 heterocycles. The first-order valence-corrected chi connectivity index (χ1v) is 12.3. The van der Waals surface area contributed by atoms with E-state index in [1.165, 1.54) is 0 Å². The van der Waals surface area contributed by atoms with Crippen molar-refractivity contribution < 1.29 is 14.3 Å². The van der Waals surface area contributed by atoms with Gasteiger partial charge in [0.25, 0.3) is 0 Å². The number of piperidine rings is 1. The minimum absolute atomic E-state index is 0.265. The zero-order chi connectivity index (χ0) is 24.6. The first kappa shape index (κ1) is 23.0. The van der Waals surface area contributed by atoms with E-state index in [1.807, 2.05) is 30.3 Å². The molecule has 10 heteroatoms. The standard InChI is InChI=1S/C26H28N6O4/c1-35-23-12-28-20-4-2-3-19(25(20)31-23)22(33)14-32-17-6-7-18(32)10-16(9-17)27-11-15-5-8-21-26(30-15)36-24(34)13-29-21/h2-5,8,12-13,16-18,22,27,33H,6-7,9-11,14H2,1H3. The van der Waals surface area contributed by atoms with Crippen LogP contribution in [0.25, 0.3) is 22.3 Å². The Labute approximate surface area is 207 Å². The van der Waals surface area contributed by atoms with Crippen LogP contribution in [0.15, 0.2) is 51.9 Å². The number of nitrogens with zero attached hydrogens (tertiary/aromatic N) is 5. The zero-order valence-corrected chi connectivity index (χ0v) is 20.0. The lowest BCUT2D eigenvalue weighted by Gasteiger charge is -2.40. The van der Waals surface area contributed by atoms with Crippen molar-refractivity contribution in [1.82, 2.24) is 30.2 Å². The average molecular weight is 489 g/mol. The molecule has 3 atom stereocenters. The van der Waals surface area contributed by atoms with Crippen molar-refractivity contribution in [3.05, 3.63) is 64.4 Å². The van der Waals surface area contributed by atoms with Gasteiger partial charge in [-0.1, -0.05) is 12.1 Å². The lowest BCUT2D eigenvalue weighted by Crippen LogP contribution is -2.50. The predicted molar refractivity (Wildman–Crippen MR) is 133 cm³/mol. The van der Waals surface area contributed by atoms with Gasteiger partial charge in [0.15, 0.2) is 0 Å². The Morgan fingerprint density at radius 3 is 2.72 bits per heavy atom. The number of pyridine rings is 1. The quantitative estimate of drug-likeness (QED) is 0.400. The molecule has 186 valence electrons. The van der Waals surface area contributed by atoms with Crippen LogP contribution in [0.2, 0.25) is 0 Å². The van der Waals surface area contributed by atoms with Gasteiger partial charge in [-0.15, -0.1) is 0 Å². The molecular weight excluding hydrogens is 460 g/mol. The Morgan fingerprint density at radius 2 is 1.92 bits per heavy atom. The molecule has 2 N–H and O–H groups in total. The summed E-state index contributed by atoms with van der Waals surface area (Å²) in [5, 5.41) is 14.8. The fourth-order valence-electron chi connectivity index (χ4n) is 5.68. The first-order chi connectivity index (χ1) is 17.6. The molecule has 2 saturated heterocycles. The van der Waals surface area contributed by atoms with Gasteiger partial charge in [-0.25, -0.2) is 24.7 Å². The summed E-state index contributed by atoms with van der Waals surface area (Å²) in [7, 11) is 1.57. The number of hydrogen-bond acceptors (Lipinski definition) is 10. The van der Waals surface area contributed by atoms with E-state index in [4.69, 9.17) is 9.15 Å². The highest BCUT2D eigenvalue weighted by Gasteiger charge is 2.41. The Bertz CT molecular complexity index is 1450. The number of aliphatic hydroxyl groups is 1. The smallest absolute Gasteiger partial charge is 0.356 e. The molecule has 3 aromatic heterocycles. The van der Waals surface area contributed by atoms with E-state index in [0.717, 1.165) is 48.7 Å². The Balaban J connectivity index is 1.11. The van der Waals surface area contributed by atoms with Crippen LogP contribution in [0.3, 0.4) is 0 Å². The van der Waals surface area contributed by atoms with Gasteiger partial charge in [0, 0.05) is 36.8 Å². The van der Waals surface area contributed by atoms with Gasteiger partial charge in [0.2, 0.25) is 11.6 Å².